The number of aryl methyl sites for hydroxylation is 2. The highest BCUT2D eigenvalue weighted by molar-refractivity contribution is 5.35. The second kappa shape index (κ2) is 4.84. The number of aromatic amines is 1. The van der Waals surface area contributed by atoms with Gasteiger partial charge in [0.15, 0.2) is 0 Å². The van der Waals surface area contributed by atoms with Crippen molar-refractivity contribution < 1.29 is 0 Å². The number of rotatable bonds is 3. The molecule has 18 heavy (non-hydrogen) atoms. The lowest BCUT2D eigenvalue weighted by Crippen LogP contribution is -2.18. The number of hydrogen-bond donors (Lipinski definition) is 1. The Kier molecular flexibility index (Phi) is 3.41. The zero-order valence-electron chi connectivity index (χ0n) is 11.4. The highest BCUT2D eigenvalue weighted by Gasteiger charge is 2.13. The van der Waals surface area contributed by atoms with Crippen molar-refractivity contribution in [2.24, 2.45) is 5.92 Å². The van der Waals surface area contributed by atoms with Gasteiger partial charge in [-0.2, -0.15) is 0 Å². The molecule has 0 atom stereocenters. The smallest absolute Gasteiger partial charge is 0.274 e. The maximum Gasteiger partial charge on any atom is 0.274 e. The molecule has 0 saturated heterocycles. The van der Waals surface area contributed by atoms with Crippen molar-refractivity contribution in [2.45, 2.75) is 34.1 Å². The Morgan fingerprint density at radius 3 is 2.33 bits per heavy atom. The van der Waals surface area contributed by atoms with Crippen LogP contribution in [0.15, 0.2) is 29.1 Å². The maximum atomic E-state index is 12.3. The van der Waals surface area contributed by atoms with Crippen molar-refractivity contribution in [3.63, 3.8) is 0 Å². The zero-order chi connectivity index (χ0) is 13.3. The third-order valence-electron chi connectivity index (χ3n) is 3.10. The summed E-state index contributed by atoms with van der Waals surface area (Å²) in [6, 6.07) is 7.96. The molecule has 0 radical (unpaired) electrons. The highest BCUT2D eigenvalue weighted by atomic mass is 16.1. The summed E-state index contributed by atoms with van der Waals surface area (Å²) in [7, 11) is 0. The fraction of sp³-hybridized carbons (Fsp3) is 0.400. The molecule has 0 bridgehead atoms. The van der Waals surface area contributed by atoms with Gasteiger partial charge in [-0.1, -0.05) is 31.5 Å². The molecule has 0 saturated carbocycles. The average molecular weight is 244 g/mol. The van der Waals surface area contributed by atoms with Gasteiger partial charge in [0.2, 0.25) is 0 Å². The van der Waals surface area contributed by atoms with Gasteiger partial charge in [0.1, 0.15) is 0 Å². The van der Waals surface area contributed by atoms with Crippen LogP contribution < -0.4 is 5.56 Å². The van der Waals surface area contributed by atoms with Crippen LogP contribution in [0.2, 0.25) is 0 Å². The van der Waals surface area contributed by atoms with E-state index in [0.717, 1.165) is 23.4 Å². The summed E-state index contributed by atoms with van der Waals surface area (Å²) in [5, 5.41) is 3.16. The molecular formula is C15H20N2O. The van der Waals surface area contributed by atoms with Crippen LogP contribution in [0.3, 0.4) is 0 Å². The van der Waals surface area contributed by atoms with Gasteiger partial charge >= 0.3 is 0 Å². The Morgan fingerprint density at radius 2 is 1.78 bits per heavy atom. The van der Waals surface area contributed by atoms with Crippen LogP contribution >= 0.6 is 0 Å². The van der Waals surface area contributed by atoms with Crippen molar-refractivity contribution >= 4 is 0 Å². The molecule has 0 fully saturated rings. The van der Waals surface area contributed by atoms with Crippen LogP contribution in [0.4, 0.5) is 0 Å². The molecule has 2 aromatic rings. The number of H-pyrrole nitrogens is 1. The van der Waals surface area contributed by atoms with Crippen molar-refractivity contribution in [1.82, 2.24) is 9.78 Å². The molecule has 96 valence electrons. The largest absolute Gasteiger partial charge is 0.295 e. The quantitative estimate of drug-likeness (QED) is 0.885. The van der Waals surface area contributed by atoms with Crippen LogP contribution in [0.25, 0.3) is 5.69 Å². The van der Waals surface area contributed by atoms with Crippen molar-refractivity contribution in [3.05, 3.63) is 51.4 Å². The van der Waals surface area contributed by atoms with Crippen molar-refractivity contribution in [3.8, 4) is 5.69 Å². The van der Waals surface area contributed by atoms with E-state index in [4.69, 9.17) is 0 Å². The molecular weight excluding hydrogens is 224 g/mol. The van der Waals surface area contributed by atoms with E-state index >= 15 is 0 Å². The molecule has 1 heterocycles. The number of hydrogen-bond acceptors (Lipinski definition) is 1. The van der Waals surface area contributed by atoms with Crippen LogP contribution in [-0.4, -0.2) is 9.78 Å². The molecule has 3 heteroatoms. The first-order valence-corrected chi connectivity index (χ1v) is 6.36. The lowest BCUT2D eigenvalue weighted by molar-refractivity contribution is 0.642. The van der Waals surface area contributed by atoms with Gasteiger partial charge in [-0.15, -0.1) is 0 Å². The Balaban J connectivity index is 2.47. The molecule has 0 unspecified atom stereocenters. The monoisotopic (exact) mass is 244 g/mol. The Bertz CT molecular complexity index is 588. The first-order chi connectivity index (χ1) is 8.49. The summed E-state index contributed by atoms with van der Waals surface area (Å²) in [5.41, 5.74) is 4.02. The molecule has 0 amide bonds. The van der Waals surface area contributed by atoms with Crippen LogP contribution in [0, 0.1) is 19.8 Å². The number of aromatic nitrogens is 2. The average Bonchev–Trinajstić information content (AvgIpc) is 2.58. The maximum absolute atomic E-state index is 12.3. The van der Waals surface area contributed by atoms with E-state index in [1.165, 1.54) is 5.56 Å². The third kappa shape index (κ3) is 2.40. The van der Waals surface area contributed by atoms with E-state index in [9.17, 15) is 4.79 Å². The van der Waals surface area contributed by atoms with Crippen molar-refractivity contribution in [1.29, 1.82) is 0 Å². The van der Waals surface area contributed by atoms with Crippen molar-refractivity contribution in [2.75, 3.05) is 0 Å². The number of nitrogens with one attached hydrogen (secondary N) is 1. The molecule has 2 rings (SSSR count). The van der Waals surface area contributed by atoms with E-state index in [-0.39, 0.29) is 5.56 Å². The summed E-state index contributed by atoms with van der Waals surface area (Å²) >= 11 is 0. The first kappa shape index (κ1) is 12.7. The molecule has 1 aromatic heterocycles. The molecule has 1 N–H and O–H groups in total. The normalized spacial score (nSPS) is 11.2. The number of nitrogens with zero attached hydrogens (tertiary/aromatic N) is 1. The Labute approximate surface area is 107 Å². The summed E-state index contributed by atoms with van der Waals surface area (Å²) in [6.45, 7) is 8.25. The van der Waals surface area contributed by atoms with Crippen LogP contribution in [0.1, 0.15) is 30.7 Å². The molecule has 0 aliphatic rings. The van der Waals surface area contributed by atoms with Gasteiger partial charge in [0, 0.05) is 11.3 Å². The van der Waals surface area contributed by atoms with Crippen LogP contribution in [0.5, 0.6) is 0 Å². The fourth-order valence-corrected chi connectivity index (χ4v) is 2.11. The van der Waals surface area contributed by atoms with E-state index in [1.54, 1.807) is 4.68 Å². The summed E-state index contributed by atoms with van der Waals surface area (Å²) in [5.74, 6) is 0.485. The lowest BCUT2D eigenvalue weighted by atomic mass is 10.0. The van der Waals surface area contributed by atoms with E-state index in [1.807, 2.05) is 38.1 Å². The molecule has 3 nitrogen and oxygen atoms in total. The highest BCUT2D eigenvalue weighted by Crippen LogP contribution is 2.11. The molecule has 1 aromatic carbocycles. The molecule has 0 spiro atoms. The second-order valence-electron chi connectivity index (χ2n) is 5.29. The fourth-order valence-electron chi connectivity index (χ4n) is 2.11. The Morgan fingerprint density at radius 1 is 1.17 bits per heavy atom. The third-order valence-corrected chi connectivity index (χ3v) is 3.10. The first-order valence-electron chi connectivity index (χ1n) is 6.36. The minimum absolute atomic E-state index is 0.0741. The predicted octanol–water partition coefficient (Wildman–Crippen LogP) is 2.98. The Hall–Kier alpha value is -1.77. The minimum atomic E-state index is 0.0741. The van der Waals surface area contributed by atoms with Gasteiger partial charge in [0.25, 0.3) is 5.56 Å². The van der Waals surface area contributed by atoms with Gasteiger partial charge in [0.05, 0.1) is 5.69 Å². The summed E-state index contributed by atoms with van der Waals surface area (Å²) in [4.78, 5) is 12.3. The SMILES string of the molecule is Cc1ccc(-n2[nH]c(C)c(CC(C)C)c2=O)cc1. The minimum Gasteiger partial charge on any atom is -0.295 e. The zero-order valence-corrected chi connectivity index (χ0v) is 11.4. The number of benzene rings is 1. The van der Waals surface area contributed by atoms with E-state index in [0.29, 0.717) is 5.92 Å². The summed E-state index contributed by atoms with van der Waals surface area (Å²) in [6.07, 6.45) is 0.819. The molecule has 0 aliphatic carbocycles. The summed E-state index contributed by atoms with van der Waals surface area (Å²) < 4.78 is 1.63. The lowest BCUT2D eigenvalue weighted by Gasteiger charge is -2.02. The second-order valence-corrected chi connectivity index (χ2v) is 5.29. The van der Waals surface area contributed by atoms with Gasteiger partial charge in [-0.05, 0) is 38.3 Å². The topological polar surface area (TPSA) is 37.8 Å². The van der Waals surface area contributed by atoms with Gasteiger partial charge < -0.3 is 0 Å². The van der Waals surface area contributed by atoms with E-state index < -0.39 is 0 Å². The molecule has 0 aliphatic heterocycles. The van der Waals surface area contributed by atoms with Crippen LogP contribution in [-0.2, 0) is 6.42 Å². The standard InChI is InChI=1S/C15H20N2O/c1-10(2)9-14-12(4)16-17(15(14)18)13-7-5-11(3)6-8-13/h5-8,10,16H,9H2,1-4H3. The van der Waals surface area contributed by atoms with E-state index in [2.05, 4.69) is 18.9 Å². The van der Waals surface area contributed by atoms with Gasteiger partial charge in [-0.3, -0.25) is 9.89 Å². The predicted molar refractivity (Wildman–Crippen MR) is 74.4 cm³/mol. The van der Waals surface area contributed by atoms with Gasteiger partial charge in [-0.25, -0.2) is 4.68 Å².